The standard InChI is InChI=1S/C10H12N4/c11-6-10-9(2-1-3-13-10)14-8-4-7(12)5-8/h1-3,7-8,14H,4-5,12H2. The number of pyridine rings is 1. The van der Waals surface area contributed by atoms with Crippen molar-refractivity contribution in [3.8, 4) is 6.07 Å². The molecule has 0 radical (unpaired) electrons. The van der Waals surface area contributed by atoms with E-state index in [0.29, 0.717) is 17.8 Å². The van der Waals surface area contributed by atoms with Crippen LogP contribution < -0.4 is 11.1 Å². The van der Waals surface area contributed by atoms with Crippen molar-refractivity contribution in [3.05, 3.63) is 24.0 Å². The SMILES string of the molecule is N#Cc1ncccc1NC1CC(N)C1. The van der Waals surface area contributed by atoms with Crippen molar-refractivity contribution >= 4 is 5.69 Å². The summed E-state index contributed by atoms with van der Waals surface area (Å²) < 4.78 is 0. The molecule has 0 amide bonds. The number of hydrogen-bond acceptors (Lipinski definition) is 4. The molecule has 0 aliphatic heterocycles. The zero-order chi connectivity index (χ0) is 9.97. The van der Waals surface area contributed by atoms with Crippen LogP contribution in [0.4, 0.5) is 5.69 Å². The van der Waals surface area contributed by atoms with Crippen LogP contribution in [-0.2, 0) is 0 Å². The van der Waals surface area contributed by atoms with Crippen LogP contribution in [0.15, 0.2) is 18.3 Å². The summed E-state index contributed by atoms with van der Waals surface area (Å²) in [4.78, 5) is 3.97. The molecule has 3 N–H and O–H groups in total. The van der Waals surface area contributed by atoms with Gasteiger partial charge < -0.3 is 11.1 Å². The second-order valence-corrected chi connectivity index (χ2v) is 3.58. The highest BCUT2D eigenvalue weighted by molar-refractivity contribution is 5.54. The van der Waals surface area contributed by atoms with Gasteiger partial charge in [0, 0.05) is 18.3 Å². The molecule has 2 rings (SSSR count). The molecule has 14 heavy (non-hydrogen) atoms. The van der Waals surface area contributed by atoms with Gasteiger partial charge in [0.1, 0.15) is 6.07 Å². The summed E-state index contributed by atoms with van der Waals surface area (Å²) >= 11 is 0. The molecule has 1 aliphatic rings. The highest BCUT2D eigenvalue weighted by Crippen LogP contribution is 2.23. The van der Waals surface area contributed by atoms with E-state index in [1.165, 1.54) is 0 Å². The van der Waals surface area contributed by atoms with Crippen molar-refractivity contribution in [2.24, 2.45) is 5.73 Å². The Morgan fingerprint density at radius 1 is 1.57 bits per heavy atom. The van der Waals surface area contributed by atoms with Gasteiger partial charge in [0.05, 0.1) is 5.69 Å². The van der Waals surface area contributed by atoms with Gasteiger partial charge in [-0.1, -0.05) is 0 Å². The average molecular weight is 188 g/mol. The molecule has 0 atom stereocenters. The van der Waals surface area contributed by atoms with Crippen LogP contribution in [0.5, 0.6) is 0 Å². The molecule has 4 heteroatoms. The topological polar surface area (TPSA) is 74.7 Å². The Kier molecular flexibility index (Phi) is 2.33. The lowest BCUT2D eigenvalue weighted by atomic mass is 9.87. The summed E-state index contributed by atoms with van der Waals surface area (Å²) in [5, 5.41) is 12.1. The molecule has 4 nitrogen and oxygen atoms in total. The van der Waals surface area contributed by atoms with E-state index in [2.05, 4.69) is 16.4 Å². The number of anilines is 1. The van der Waals surface area contributed by atoms with Crippen molar-refractivity contribution in [2.75, 3.05) is 5.32 Å². The first kappa shape index (κ1) is 8.97. The maximum atomic E-state index is 8.80. The largest absolute Gasteiger partial charge is 0.380 e. The number of rotatable bonds is 2. The molecule has 1 aliphatic carbocycles. The highest BCUT2D eigenvalue weighted by atomic mass is 15.0. The monoisotopic (exact) mass is 188 g/mol. The van der Waals surface area contributed by atoms with E-state index in [4.69, 9.17) is 11.0 Å². The van der Waals surface area contributed by atoms with Gasteiger partial charge in [-0.15, -0.1) is 0 Å². The molecule has 1 saturated carbocycles. The second kappa shape index (κ2) is 3.64. The first-order valence-electron chi connectivity index (χ1n) is 4.67. The minimum absolute atomic E-state index is 0.315. The number of hydrogen-bond donors (Lipinski definition) is 2. The van der Waals surface area contributed by atoms with Gasteiger partial charge in [0.2, 0.25) is 0 Å². The molecule has 0 unspecified atom stereocenters. The lowest BCUT2D eigenvalue weighted by molar-refractivity contribution is 0.373. The molecular weight excluding hydrogens is 176 g/mol. The highest BCUT2D eigenvalue weighted by Gasteiger charge is 2.26. The van der Waals surface area contributed by atoms with Crippen molar-refractivity contribution in [1.29, 1.82) is 5.26 Å². The predicted molar refractivity (Wildman–Crippen MR) is 53.6 cm³/mol. The van der Waals surface area contributed by atoms with Gasteiger partial charge in [-0.05, 0) is 25.0 Å². The maximum absolute atomic E-state index is 8.80. The summed E-state index contributed by atoms with van der Waals surface area (Å²) in [5.74, 6) is 0. The number of nitrogens with two attached hydrogens (primary N) is 1. The molecule has 1 heterocycles. The lowest BCUT2D eigenvalue weighted by Gasteiger charge is -2.33. The fraction of sp³-hybridized carbons (Fsp3) is 0.400. The van der Waals surface area contributed by atoms with Gasteiger partial charge >= 0.3 is 0 Å². The van der Waals surface area contributed by atoms with Gasteiger partial charge in [0.15, 0.2) is 5.69 Å². The Bertz CT molecular complexity index is 363. The fourth-order valence-electron chi connectivity index (χ4n) is 1.61. The quantitative estimate of drug-likeness (QED) is 0.721. The van der Waals surface area contributed by atoms with E-state index in [1.807, 2.05) is 12.1 Å². The summed E-state index contributed by atoms with van der Waals surface area (Å²) in [6, 6.07) is 6.47. The van der Waals surface area contributed by atoms with E-state index < -0.39 is 0 Å². The molecular formula is C10H12N4. The van der Waals surface area contributed by atoms with E-state index in [-0.39, 0.29) is 0 Å². The van der Waals surface area contributed by atoms with E-state index >= 15 is 0 Å². The van der Waals surface area contributed by atoms with Gasteiger partial charge in [-0.25, -0.2) is 4.98 Å². The van der Waals surface area contributed by atoms with E-state index in [0.717, 1.165) is 18.5 Å². The van der Waals surface area contributed by atoms with E-state index in [9.17, 15) is 0 Å². The predicted octanol–water partition coefficient (Wildman–Crippen LogP) is 0.855. The third-order valence-electron chi connectivity index (χ3n) is 2.45. The molecule has 0 bridgehead atoms. The van der Waals surface area contributed by atoms with Gasteiger partial charge in [-0.3, -0.25) is 0 Å². The Hall–Kier alpha value is -1.60. The molecule has 0 aromatic carbocycles. The van der Waals surface area contributed by atoms with Crippen molar-refractivity contribution < 1.29 is 0 Å². The minimum atomic E-state index is 0.315. The number of nitrogens with one attached hydrogen (secondary N) is 1. The van der Waals surface area contributed by atoms with E-state index in [1.54, 1.807) is 6.20 Å². The maximum Gasteiger partial charge on any atom is 0.163 e. The van der Waals surface area contributed by atoms with Crippen LogP contribution in [-0.4, -0.2) is 17.1 Å². The van der Waals surface area contributed by atoms with Crippen LogP contribution in [0, 0.1) is 11.3 Å². The second-order valence-electron chi connectivity index (χ2n) is 3.58. The van der Waals surface area contributed by atoms with Crippen LogP contribution in [0.2, 0.25) is 0 Å². The Morgan fingerprint density at radius 3 is 3.00 bits per heavy atom. The molecule has 0 spiro atoms. The minimum Gasteiger partial charge on any atom is -0.380 e. The van der Waals surface area contributed by atoms with Crippen LogP contribution >= 0.6 is 0 Å². The molecule has 1 aromatic heterocycles. The zero-order valence-electron chi connectivity index (χ0n) is 7.77. The zero-order valence-corrected chi connectivity index (χ0v) is 7.77. The summed E-state index contributed by atoms with van der Waals surface area (Å²) in [7, 11) is 0. The van der Waals surface area contributed by atoms with Gasteiger partial charge in [-0.2, -0.15) is 5.26 Å². The third kappa shape index (κ3) is 1.68. The van der Waals surface area contributed by atoms with Crippen molar-refractivity contribution in [1.82, 2.24) is 4.98 Å². The lowest BCUT2D eigenvalue weighted by Crippen LogP contribution is -2.44. The number of nitriles is 1. The Morgan fingerprint density at radius 2 is 2.36 bits per heavy atom. The van der Waals surface area contributed by atoms with Crippen LogP contribution in [0.25, 0.3) is 0 Å². The molecule has 72 valence electrons. The number of aromatic nitrogens is 1. The molecule has 1 fully saturated rings. The summed E-state index contributed by atoms with van der Waals surface area (Å²) in [6.07, 6.45) is 3.57. The summed E-state index contributed by atoms with van der Waals surface area (Å²) in [5.41, 5.74) is 6.94. The first-order valence-corrected chi connectivity index (χ1v) is 4.67. The molecule has 0 saturated heterocycles. The fourth-order valence-corrected chi connectivity index (χ4v) is 1.61. The molecule has 1 aromatic rings. The van der Waals surface area contributed by atoms with Crippen LogP contribution in [0.3, 0.4) is 0 Å². The Labute approximate surface area is 82.8 Å². The first-order chi connectivity index (χ1) is 6.79. The van der Waals surface area contributed by atoms with Crippen molar-refractivity contribution in [3.63, 3.8) is 0 Å². The summed E-state index contributed by atoms with van der Waals surface area (Å²) in [6.45, 7) is 0. The third-order valence-corrected chi connectivity index (χ3v) is 2.45. The van der Waals surface area contributed by atoms with Gasteiger partial charge in [0.25, 0.3) is 0 Å². The average Bonchev–Trinajstić information content (AvgIpc) is 2.16. The normalized spacial score (nSPS) is 24.9. The number of nitrogens with zero attached hydrogens (tertiary/aromatic N) is 2. The van der Waals surface area contributed by atoms with Crippen LogP contribution in [0.1, 0.15) is 18.5 Å². The Balaban J connectivity index is 2.06. The smallest absolute Gasteiger partial charge is 0.163 e. The van der Waals surface area contributed by atoms with Crippen molar-refractivity contribution in [2.45, 2.75) is 24.9 Å².